The quantitative estimate of drug-likeness (QED) is 0.728. The van der Waals surface area contributed by atoms with Crippen LogP contribution in [0.3, 0.4) is 0 Å². The van der Waals surface area contributed by atoms with Crippen molar-refractivity contribution in [1.29, 1.82) is 0 Å². The molecule has 0 fully saturated rings. The lowest BCUT2D eigenvalue weighted by Crippen LogP contribution is -2.13. The van der Waals surface area contributed by atoms with Crippen LogP contribution in [0.2, 0.25) is 10.0 Å². The fourth-order valence-corrected chi connectivity index (χ4v) is 4.08. The van der Waals surface area contributed by atoms with Crippen LogP contribution < -0.4 is 4.72 Å². The van der Waals surface area contributed by atoms with E-state index in [0.29, 0.717) is 15.1 Å². The summed E-state index contributed by atoms with van der Waals surface area (Å²) < 4.78 is 27.6. The maximum absolute atomic E-state index is 12.3. The largest absolute Gasteiger partial charge is 0.505 e. The molecule has 0 atom stereocenters. The van der Waals surface area contributed by atoms with E-state index in [1.165, 1.54) is 24.3 Å². The Kier molecular flexibility index (Phi) is 4.72. The van der Waals surface area contributed by atoms with Crippen LogP contribution in [0.25, 0.3) is 0 Å². The van der Waals surface area contributed by atoms with Crippen molar-refractivity contribution in [2.45, 2.75) is 11.8 Å². The second kappa shape index (κ2) is 6.04. The summed E-state index contributed by atoms with van der Waals surface area (Å²) in [6, 6.07) is 7.25. The fraction of sp³-hybridized carbons (Fsp3) is 0.0769. The number of phenolic OH excluding ortho intramolecular Hbond substituents is 1. The molecular formula is C13H10BrCl2NO3S. The van der Waals surface area contributed by atoms with Gasteiger partial charge in [0.1, 0.15) is 10.6 Å². The SMILES string of the molecule is Cc1cc(Cl)cc(NS(=O)(=O)c2ccc(Br)cc2Cl)c1O. The number of benzene rings is 2. The summed E-state index contributed by atoms with van der Waals surface area (Å²) in [6.07, 6.45) is 0. The molecule has 0 heterocycles. The van der Waals surface area contributed by atoms with E-state index in [9.17, 15) is 13.5 Å². The number of rotatable bonds is 3. The van der Waals surface area contributed by atoms with Gasteiger partial charge in [-0.3, -0.25) is 4.72 Å². The highest BCUT2D eigenvalue weighted by Crippen LogP contribution is 2.34. The van der Waals surface area contributed by atoms with Crippen molar-refractivity contribution in [2.24, 2.45) is 0 Å². The molecule has 0 aliphatic carbocycles. The van der Waals surface area contributed by atoms with Crippen LogP contribution in [0.15, 0.2) is 39.7 Å². The van der Waals surface area contributed by atoms with E-state index in [2.05, 4.69) is 20.7 Å². The number of hydrogen-bond acceptors (Lipinski definition) is 3. The molecule has 0 bridgehead atoms. The minimum Gasteiger partial charge on any atom is -0.505 e. The first-order valence-corrected chi connectivity index (χ1v) is 8.71. The van der Waals surface area contributed by atoms with Gasteiger partial charge < -0.3 is 5.11 Å². The van der Waals surface area contributed by atoms with Crippen LogP contribution in [-0.2, 0) is 10.0 Å². The number of phenols is 1. The van der Waals surface area contributed by atoms with Gasteiger partial charge in [-0.2, -0.15) is 0 Å². The van der Waals surface area contributed by atoms with Crippen molar-refractivity contribution in [3.63, 3.8) is 0 Å². The van der Waals surface area contributed by atoms with Crippen molar-refractivity contribution in [3.8, 4) is 5.75 Å². The lowest BCUT2D eigenvalue weighted by molar-refractivity contribution is 0.473. The molecular weight excluding hydrogens is 401 g/mol. The van der Waals surface area contributed by atoms with Gasteiger partial charge in [-0.05, 0) is 42.8 Å². The van der Waals surface area contributed by atoms with Crippen molar-refractivity contribution < 1.29 is 13.5 Å². The second-order valence-electron chi connectivity index (χ2n) is 4.30. The summed E-state index contributed by atoms with van der Waals surface area (Å²) in [7, 11) is -3.94. The van der Waals surface area contributed by atoms with Gasteiger partial charge in [0, 0.05) is 9.50 Å². The zero-order valence-corrected chi connectivity index (χ0v) is 14.6. The molecule has 2 aromatic rings. The summed E-state index contributed by atoms with van der Waals surface area (Å²) in [5.74, 6) is -0.184. The number of nitrogens with one attached hydrogen (secondary N) is 1. The molecule has 2 rings (SSSR count). The van der Waals surface area contributed by atoms with Crippen molar-refractivity contribution >= 4 is 54.8 Å². The van der Waals surface area contributed by atoms with E-state index >= 15 is 0 Å². The summed E-state index contributed by atoms with van der Waals surface area (Å²) in [5, 5.41) is 10.3. The standard InChI is InChI=1S/C13H10BrCl2NO3S/c1-7-4-9(15)6-11(13(7)18)17-21(19,20)12-3-2-8(14)5-10(12)16/h2-6,17-18H,1H3. The molecule has 112 valence electrons. The summed E-state index contributed by atoms with van der Waals surface area (Å²) in [4.78, 5) is -0.0932. The van der Waals surface area contributed by atoms with Gasteiger partial charge in [-0.15, -0.1) is 0 Å². The maximum atomic E-state index is 12.3. The summed E-state index contributed by atoms with van der Waals surface area (Å²) >= 11 is 15.0. The third kappa shape index (κ3) is 3.63. The molecule has 0 saturated heterocycles. The van der Waals surface area contributed by atoms with E-state index < -0.39 is 10.0 Å². The van der Waals surface area contributed by atoms with Gasteiger partial charge >= 0.3 is 0 Å². The predicted octanol–water partition coefficient (Wildman–Crippen LogP) is 4.57. The number of anilines is 1. The Labute approximate surface area is 140 Å². The van der Waals surface area contributed by atoms with E-state index in [4.69, 9.17) is 23.2 Å². The predicted molar refractivity (Wildman–Crippen MR) is 87.8 cm³/mol. The molecule has 8 heteroatoms. The Balaban J connectivity index is 2.47. The average Bonchev–Trinajstić information content (AvgIpc) is 2.34. The minimum atomic E-state index is -3.94. The molecule has 4 nitrogen and oxygen atoms in total. The Morgan fingerprint density at radius 2 is 1.86 bits per heavy atom. The summed E-state index contributed by atoms with van der Waals surface area (Å²) in [5.41, 5.74) is 0.459. The van der Waals surface area contributed by atoms with Crippen LogP contribution in [0.1, 0.15) is 5.56 Å². The van der Waals surface area contributed by atoms with Crippen molar-refractivity contribution in [2.75, 3.05) is 4.72 Å². The average molecular weight is 411 g/mol. The lowest BCUT2D eigenvalue weighted by Gasteiger charge is -2.12. The van der Waals surface area contributed by atoms with E-state index in [-0.39, 0.29) is 21.4 Å². The summed E-state index contributed by atoms with van der Waals surface area (Å²) in [6.45, 7) is 1.62. The first kappa shape index (κ1) is 16.4. The molecule has 0 saturated carbocycles. The van der Waals surface area contributed by atoms with Crippen LogP contribution >= 0.6 is 39.1 Å². The molecule has 2 N–H and O–H groups in total. The van der Waals surface area contributed by atoms with Crippen molar-refractivity contribution in [3.05, 3.63) is 50.4 Å². The van der Waals surface area contributed by atoms with Crippen molar-refractivity contribution in [1.82, 2.24) is 0 Å². The molecule has 0 spiro atoms. The van der Waals surface area contributed by atoms with Crippen LogP contribution in [0, 0.1) is 6.92 Å². The molecule has 0 radical (unpaired) electrons. The Hall–Kier alpha value is -0.950. The highest BCUT2D eigenvalue weighted by molar-refractivity contribution is 9.10. The molecule has 0 unspecified atom stereocenters. The topological polar surface area (TPSA) is 66.4 Å². The van der Waals surface area contributed by atoms with Gasteiger partial charge in [0.15, 0.2) is 0 Å². The molecule has 0 amide bonds. The Morgan fingerprint density at radius 1 is 1.19 bits per heavy atom. The van der Waals surface area contributed by atoms with E-state index in [1.54, 1.807) is 13.0 Å². The first-order valence-electron chi connectivity index (χ1n) is 5.67. The second-order valence-corrected chi connectivity index (χ2v) is 7.71. The van der Waals surface area contributed by atoms with Gasteiger partial charge in [0.25, 0.3) is 10.0 Å². The van der Waals surface area contributed by atoms with Gasteiger partial charge in [-0.25, -0.2) is 8.42 Å². The zero-order chi connectivity index (χ0) is 15.8. The third-order valence-corrected chi connectivity index (χ3v) is 5.25. The third-order valence-electron chi connectivity index (χ3n) is 2.69. The van der Waals surface area contributed by atoms with Crippen LogP contribution in [0.4, 0.5) is 5.69 Å². The van der Waals surface area contributed by atoms with Crippen LogP contribution in [-0.4, -0.2) is 13.5 Å². The van der Waals surface area contributed by atoms with E-state index in [0.717, 1.165) is 0 Å². The molecule has 2 aromatic carbocycles. The smallest absolute Gasteiger partial charge is 0.263 e. The number of sulfonamides is 1. The molecule has 0 aliphatic heterocycles. The van der Waals surface area contributed by atoms with Gasteiger partial charge in [0.2, 0.25) is 0 Å². The van der Waals surface area contributed by atoms with Gasteiger partial charge in [0.05, 0.1) is 10.7 Å². The number of hydrogen-bond donors (Lipinski definition) is 2. The monoisotopic (exact) mass is 409 g/mol. The lowest BCUT2D eigenvalue weighted by atomic mass is 10.2. The normalized spacial score (nSPS) is 11.4. The van der Waals surface area contributed by atoms with Crippen LogP contribution in [0.5, 0.6) is 5.75 Å². The first-order chi connectivity index (χ1) is 9.70. The van der Waals surface area contributed by atoms with E-state index in [1.807, 2.05) is 0 Å². The molecule has 0 aliphatic rings. The van der Waals surface area contributed by atoms with Gasteiger partial charge in [-0.1, -0.05) is 39.1 Å². The fourth-order valence-electron chi connectivity index (χ4n) is 1.71. The Bertz CT molecular complexity index is 809. The molecule has 0 aromatic heterocycles. The number of aromatic hydroxyl groups is 1. The minimum absolute atomic E-state index is 0.000939. The zero-order valence-electron chi connectivity index (χ0n) is 10.7. The highest BCUT2D eigenvalue weighted by Gasteiger charge is 2.20. The maximum Gasteiger partial charge on any atom is 0.263 e. The number of halogens is 3. The molecule has 21 heavy (non-hydrogen) atoms. The highest BCUT2D eigenvalue weighted by atomic mass is 79.9. The Morgan fingerprint density at radius 3 is 2.48 bits per heavy atom. The number of aryl methyl sites for hydroxylation is 1.